The first-order valence-corrected chi connectivity index (χ1v) is 7.88. The number of rotatable bonds is 4. The highest BCUT2D eigenvalue weighted by atomic mass is 16.5. The fourth-order valence-electron chi connectivity index (χ4n) is 2.66. The molecule has 4 rings (SSSR count). The first kappa shape index (κ1) is 14.5. The van der Waals surface area contributed by atoms with Gasteiger partial charge in [-0.25, -0.2) is 4.98 Å². The summed E-state index contributed by atoms with van der Waals surface area (Å²) in [5.74, 6) is 2.24. The summed E-state index contributed by atoms with van der Waals surface area (Å²) in [6.07, 6.45) is 0. The number of aromatic nitrogens is 3. The minimum atomic E-state index is 0.354. The first-order chi connectivity index (χ1) is 11.8. The summed E-state index contributed by atoms with van der Waals surface area (Å²) < 4.78 is 5.94. The molecule has 0 spiro atoms. The molecule has 1 aromatic heterocycles. The SMILES string of the molecule is Cc1ccc(-c2n[nH]c(COc3cccc4ccccc34)n2)cc1. The lowest BCUT2D eigenvalue weighted by molar-refractivity contribution is 0.300. The summed E-state index contributed by atoms with van der Waals surface area (Å²) >= 11 is 0. The van der Waals surface area contributed by atoms with E-state index in [4.69, 9.17) is 4.74 Å². The Morgan fingerprint density at radius 3 is 2.58 bits per heavy atom. The molecule has 0 fully saturated rings. The van der Waals surface area contributed by atoms with E-state index in [0.717, 1.165) is 22.1 Å². The molecule has 0 radical (unpaired) electrons. The minimum absolute atomic E-state index is 0.354. The van der Waals surface area contributed by atoms with Crippen molar-refractivity contribution in [3.8, 4) is 17.1 Å². The maximum absolute atomic E-state index is 5.94. The van der Waals surface area contributed by atoms with Crippen LogP contribution < -0.4 is 4.74 Å². The number of nitrogens with one attached hydrogen (secondary N) is 1. The highest BCUT2D eigenvalue weighted by Gasteiger charge is 2.07. The van der Waals surface area contributed by atoms with Crippen LogP contribution in [0.25, 0.3) is 22.2 Å². The third-order valence-electron chi connectivity index (χ3n) is 3.96. The molecule has 4 heteroatoms. The van der Waals surface area contributed by atoms with Crippen LogP contribution in [0.3, 0.4) is 0 Å². The molecule has 0 aliphatic heterocycles. The Hall–Kier alpha value is -3.14. The van der Waals surface area contributed by atoms with Gasteiger partial charge < -0.3 is 4.74 Å². The fourth-order valence-corrected chi connectivity index (χ4v) is 2.66. The number of aryl methyl sites for hydroxylation is 1. The predicted molar refractivity (Wildman–Crippen MR) is 94.8 cm³/mol. The van der Waals surface area contributed by atoms with E-state index in [-0.39, 0.29) is 0 Å². The molecule has 0 atom stereocenters. The van der Waals surface area contributed by atoms with Crippen LogP contribution in [0.4, 0.5) is 0 Å². The average Bonchev–Trinajstić information content (AvgIpc) is 3.09. The Morgan fingerprint density at radius 2 is 1.71 bits per heavy atom. The number of nitrogens with zero attached hydrogens (tertiary/aromatic N) is 2. The molecule has 0 aliphatic carbocycles. The molecule has 1 N–H and O–H groups in total. The van der Waals surface area contributed by atoms with Crippen molar-refractivity contribution in [3.05, 3.63) is 78.1 Å². The summed E-state index contributed by atoms with van der Waals surface area (Å²) in [5, 5.41) is 9.48. The fraction of sp³-hybridized carbons (Fsp3) is 0.100. The van der Waals surface area contributed by atoms with Gasteiger partial charge in [0.25, 0.3) is 0 Å². The molecule has 4 nitrogen and oxygen atoms in total. The van der Waals surface area contributed by atoms with Gasteiger partial charge in [-0.15, -0.1) is 0 Å². The van der Waals surface area contributed by atoms with E-state index < -0.39 is 0 Å². The van der Waals surface area contributed by atoms with Crippen molar-refractivity contribution in [2.75, 3.05) is 0 Å². The van der Waals surface area contributed by atoms with E-state index in [9.17, 15) is 0 Å². The van der Waals surface area contributed by atoms with Crippen molar-refractivity contribution in [1.29, 1.82) is 0 Å². The Kier molecular flexibility index (Phi) is 3.71. The lowest BCUT2D eigenvalue weighted by Crippen LogP contribution is -1.98. The van der Waals surface area contributed by atoms with Crippen LogP contribution in [0.15, 0.2) is 66.7 Å². The number of hydrogen-bond acceptors (Lipinski definition) is 3. The van der Waals surface area contributed by atoms with E-state index in [1.165, 1.54) is 5.56 Å². The Bertz CT molecular complexity index is 968. The van der Waals surface area contributed by atoms with Gasteiger partial charge >= 0.3 is 0 Å². The summed E-state index contributed by atoms with van der Waals surface area (Å²) in [7, 11) is 0. The monoisotopic (exact) mass is 315 g/mol. The van der Waals surface area contributed by atoms with Crippen LogP contribution in [0.5, 0.6) is 5.75 Å². The molecule has 0 saturated carbocycles. The van der Waals surface area contributed by atoms with Gasteiger partial charge in [0.15, 0.2) is 11.6 Å². The topological polar surface area (TPSA) is 50.8 Å². The van der Waals surface area contributed by atoms with Crippen LogP contribution in [0.2, 0.25) is 0 Å². The van der Waals surface area contributed by atoms with E-state index >= 15 is 0 Å². The number of fused-ring (bicyclic) bond motifs is 1. The number of ether oxygens (including phenoxy) is 1. The van der Waals surface area contributed by atoms with Gasteiger partial charge in [-0.2, -0.15) is 5.10 Å². The van der Waals surface area contributed by atoms with E-state index in [1.807, 2.05) is 36.4 Å². The standard InChI is InChI=1S/C20H17N3O/c1-14-9-11-16(12-10-14)20-21-19(22-23-20)13-24-18-8-4-6-15-5-2-3-7-17(15)18/h2-12H,13H2,1H3,(H,21,22,23). The Balaban J connectivity index is 1.53. The second-order valence-electron chi connectivity index (χ2n) is 5.74. The second kappa shape index (κ2) is 6.16. The van der Waals surface area contributed by atoms with Crippen molar-refractivity contribution in [2.24, 2.45) is 0 Å². The molecule has 0 bridgehead atoms. The summed E-state index contributed by atoms with van der Waals surface area (Å²) in [5.41, 5.74) is 2.21. The maximum atomic E-state index is 5.94. The summed E-state index contributed by atoms with van der Waals surface area (Å²) in [6, 6.07) is 22.4. The van der Waals surface area contributed by atoms with Gasteiger partial charge in [-0.3, -0.25) is 5.10 Å². The van der Waals surface area contributed by atoms with Gasteiger partial charge in [0.2, 0.25) is 0 Å². The Morgan fingerprint density at radius 1 is 0.917 bits per heavy atom. The molecule has 0 aliphatic rings. The van der Waals surface area contributed by atoms with E-state index in [0.29, 0.717) is 18.3 Å². The van der Waals surface area contributed by atoms with Crippen LogP contribution in [0, 0.1) is 6.92 Å². The quantitative estimate of drug-likeness (QED) is 0.602. The zero-order valence-electron chi connectivity index (χ0n) is 13.4. The lowest BCUT2D eigenvalue weighted by Gasteiger charge is -2.07. The summed E-state index contributed by atoms with van der Waals surface area (Å²) in [4.78, 5) is 4.51. The van der Waals surface area contributed by atoms with Crippen LogP contribution in [0.1, 0.15) is 11.4 Å². The van der Waals surface area contributed by atoms with Gasteiger partial charge in [-0.05, 0) is 18.4 Å². The molecule has 24 heavy (non-hydrogen) atoms. The zero-order chi connectivity index (χ0) is 16.4. The van der Waals surface area contributed by atoms with Crippen molar-refractivity contribution in [3.63, 3.8) is 0 Å². The molecule has 4 aromatic rings. The maximum Gasteiger partial charge on any atom is 0.181 e. The van der Waals surface area contributed by atoms with Crippen LogP contribution in [-0.4, -0.2) is 15.2 Å². The molecule has 0 unspecified atom stereocenters. The average molecular weight is 315 g/mol. The van der Waals surface area contributed by atoms with Crippen molar-refractivity contribution in [2.45, 2.75) is 13.5 Å². The van der Waals surface area contributed by atoms with Crippen molar-refractivity contribution in [1.82, 2.24) is 15.2 Å². The zero-order valence-corrected chi connectivity index (χ0v) is 13.4. The number of benzene rings is 3. The van der Waals surface area contributed by atoms with Crippen LogP contribution in [-0.2, 0) is 6.61 Å². The number of hydrogen-bond donors (Lipinski definition) is 1. The smallest absolute Gasteiger partial charge is 0.181 e. The lowest BCUT2D eigenvalue weighted by atomic mass is 10.1. The normalized spacial score (nSPS) is 10.9. The third-order valence-corrected chi connectivity index (χ3v) is 3.96. The third kappa shape index (κ3) is 2.86. The minimum Gasteiger partial charge on any atom is -0.485 e. The summed E-state index contributed by atoms with van der Waals surface area (Å²) in [6.45, 7) is 2.41. The largest absolute Gasteiger partial charge is 0.485 e. The number of H-pyrrole nitrogens is 1. The molecule has 3 aromatic carbocycles. The van der Waals surface area contributed by atoms with Gasteiger partial charge in [0, 0.05) is 10.9 Å². The molecule has 0 amide bonds. The van der Waals surface area contributed by atoms with Crippen molar-refractivity contribution >= 4 is 10.8 Å². The van der Waals surface area contributed by atoms with Gasteiger partial charge in [0.1, 0.15) is 12.4 Å². The number of aromatic amines is 1. The molecular weight excluding hydrogens is 298 g/mol. The van der Waals surface area contributed by atoms with E-state index in [2.05, 4.69) is 52.4 Å². The van der Waals surface area contributed by atoms with Gasteiger partial charge in [0.05, 0.1) is 0 Å². The highest BCUT2D eigenvalue weighted by molar-refractivity contribution is 5.88. The molecule has 118 valence electrons. The Labute approximate surface area is 140 Å². The van der Waals surface area contributed by atoms with Crippen molar-refractivity contribution < 1.29 is 4.74 Å². The first-order valence-electron chi connectivity index (χ1n) is 7.88. The second-order valence-corrected chi connectivity index (χ2v) is 5.74. The van der Waals surface area contributed by atoms with Crippen LogP contribution >= 0.6 is 0 Å². The van der Waals surface area contributed by atoms with E-state index in [1.54, 1.807) is 0 Å². The molecule has 0 saturated heterocycles. The predicted octanol–water partition coefficient (Wildman–Crippen LogP) is 4.51. The van der Waals surface area contributed by atoms with Gasteiger partial charge in [-0.1, -0.05) is 66.2 Å². The molecular formula is C20H17N3O. The highest BCUT2D eigenvalue weighted by Crippen LogP contribution is 2.25. The molecule has 1 heterocycles.